The van der Waals surface area contributed by atoms with Crippen LogP contribution in [0.25, 0.3) is 0 Å². The largest absolute Gasteiger partial charge is 0.311 e. The molecule has 4 nitrogen and oxygen atoms in total. The minimum absolute atomic E-state index is 0.110. The van der Waals surface area contributed by atoms with Gasteiger partial charge in [-0.1, -0.05) is 27.7 Å². The lowest BCUT2D eigenvalue weighted by molar-refractivity contribution is 0.348. The normalized spacial score (nSPS) is 12.4. The van der Waals surface area contributed by atoms with Crippen molar-refractivity contribution in [3.05, 3.63) is 17.5 Å². The molecule has 0 aliphatic heterocycles. The van der Waals surface area contributed by atoms with E-state index in [2.05, 4.69) is 56.3 Å². The van der Waals surface area contributed by atoms with E-state index in [-0.39, 0.29) is 5.41 Å². The molecule has 104 valence electrons. The standard InChI is InChI=1S/C14H28N4/c1-7-17(5)9-8-15-10-12-11-18(6)16-13(12)14(2,3)4/h11,15H,7-10H2,1-6H3. The highest BCUT2D eigenvalue weighted by molar-refractivity contribution is 5.23. The quantitative estimate of drug-likeness (QED) is 0.783. The van der Waals surface area contributed by atoms with Gasteiger partial charge in [-0.05, 0) is 13.6 Å². The van der Waals surface area contributed by atoms with Crippen molar-refractivity contribution in [1.29, 1.82) is 0 Å². The van der Waals surface area contributed by atoms with Crippen LogP contribution < -0.4 is 5.32 Å². The molecule has 1 heterocycles. The number of hydrogen-bond acceptors (Lipinski definition) is 3. The van der Waals surface area contributed by atoms with Gasteiger partial charge in [-0.3, -0.25) is 4.68 Å². The molecule has 0 atom stereocenters. The lowest BCUT2D eigenvalue weighted by Gasteiger charge is -2.18. The fraction of sp³-hybridized carbons (Fsp3) is 0.786. The first kappa shape index (κ1) is 15.2. The number of aryl methyl sites for hydroxylation is 1. The number of aromatic nitrogens is 2. The Labute approximate surface area is 111 Å². The zero-order valence-electron chi connectivity index (χ0n) is 12.7. The molecule has 18 heavy (non-hydrogen) atoms. The van der Waals surface area contributed by atoms with Crippen molar-refractivity contribution in [3.8, 4) is 0 Å². The second-order valence-corrected chi connectivity index (χ2v) is 6.00. The van der Waals surface area contributed by atoms with Gasteiger partial charge < -0.3 is 10.2 Å². The first-order valence-electron chi connectivity index (χ1n) is 6.77. The molecule has 1 aromatic rings. The van der Waals surface area contributed by atoms with Gasteiger partial charge in [-0.15, -0.1) is 0 Å². The molecule has 4 heteroatoms. The maximum Gasteiger partial charge on any atom is 0.0722 e. The molecule has 0 aliphatic rings. The van der Waals surface area contributed by atoms with E-state index in [1.807, 2.05) is 11.7 Å². The van der Waals surface area contributed by atoms with Gasteiger partial charge in [0.05, 0.1) is 5.69 Å². The van der Waals surface area contributed by atoms with Crippen LogP contribution in [0.5, 0.6) is 0 Å². The molecule has 0 amide bonds. The van der Waals surface area contributed by atoms with Gasteiger partial charge in [0.15, 0.2) is 0 Å². The average molecular weight is 252 g/mol. The van der Waals surface area contributed by atoms with Gasteiger partial charge >= 0.3 is 0 Å². The summed E-state index contributed by atoms with van der Waals surface area (Å²) in [4.78, 5) is 2.31. The van der Waals surface area contributed by atoms with Gasteiger partial charge in [0.2, 0.25) is 0 Å². The van der Waals surface area contributed by atoms with E-state index in [0.29, 0.717) is 0 Å². The second-order valence-electron chi connectivity index (χ2n) is 6.00. The van der Waals surface area contributed by atoms with Crippen LogP contribution in [0, 0.1) is 0 Å². The number of hydrogen-bond donors (Lipinski definition) is 1. The van der Waals surface area contributed by atoms with Crippen LogP contribution in [-0.4, -0.2) is 41.4 Å². The summed E-state index contributed by atoms with van der Waals surface area (Å²) in [5.74, 6) is 0. The molecule has 1 rings (SSSR count). The summed E-state index contributed by atoms with van der Waals surface area (Å²) in [5, 5.41) is 8.08. The highest BCUT2D eigenvalue weighted by Gasteiger charge is 2.21. The minimum atomic E-state index is 0.110. The van der Waals surface area contributed by atoms with E-state index in [1.165, 1.54) is 11.3 Å². The fourth-order valence-corrected chi connectivity index (χ4v) is 1.95. The van der Waals surface area contributed by atoms with Crippen molar-refractivity contribution in [2.75, 3.05) is 26.7 Å². The summed E-state index contributed by atoms with van der Waals surface area (Å²) in [5.41, 5.74) is 2.61. The fourth-order valence-electron chi connectivity index (χ4n) is 1.95. The molecule has 0 saturated carbocycles. The predicted octanol–water partition coefficient (Wildman–Crippen LogP) is 1.76. The lowest BCUT2D eigenvalue weighted by atomic mass is 9.89. The molecule has 0 fully saturated rings. The number of nitrogens with one attached hydrogen (secondary N) is 1. The molecule has 0 radical (unpaired) electrons. The molecule has 1 N–H and O–H groups in total. The van der Waals surface area contributed by atoms with Gasteiger partial charge in [-0.2, -0.15) is 5.10 Å². The maximum absolute atomic E-state index is 4.58. The molecule has 0 aromatic carbocycles. The van der Waals surface area contributed by atoms with Crippen LogP contribution in [0.2, 0.25) is 0 Å². The van der Waals surface area contributed by atoms with Gasteiger partial charge in [-0.25, -0.2) is 0 Å². The van der Waals surface area contributed by atoms with Gasteiger partial charge in [0, 0.05) is 43.9 Å². The van der Waals surface area contributed by atoms with E-state index in [4.69, 9.17) is 0 Å². The molecular weight excluding hydrogens is 224 g/mol. The van der Waals surface area contributed by atoms with Crippen LogP contribution in [0.3, 0.4) is 0 Å². The molecule has 1 aromatic heterocycles. The highest BCUT2D eigenvalue weighted by atomic mass is 15.3. The Hall–Kier alpha value is -0.870. The zero-order chi connectivity index (χ0) is 13.8. The van der Waals surface area contributed by atoms with Crippen molar-refractivity contribution < 1.29 is 0 Å². The van der Waals surface area contributed by atoms with Crippen LogP contribution >= 0.6 is 0 Å². The first-order valence-corrected chi connectivity index (χ1v) is 6.77. The Bertz CT molecular complexity index is 362. The molecule has 0 saturated heterocycles. The molecule has 0 bridgehead atoms. The highest BCUT2D eigenvalue weighted by Crippen LogP contribution is 2.23. The monoisotopic (exact) mass is 252 g/mol. The summed E-state index contributed by atoms with van der Waals surface area (Å²) >= 11 is 0. The third kappa shape index (κ3) is 4.42. The Morgan fingerprint density at radius 3 is 2.61 bits per heavy atom. The Balaban J connectivity index is 2.52. The summed E-state index contributed by atoms with van der Waals surface area (Å²) in [7, 11) is 4.13. The van der Waals surface area contributed by atoms with Gasteiger partial charge in [0.25, 0.3) is 0 Å². The van der Waals surface area contributed by atoms with Crippen LogP contribution in [0.15, 0.2) is 6.20 Å². The van der Waals surface area contributed by atoms with E-state index in [0.717, 1.165) is 26.2 Å². The number of nitrogens with zero attached hydrogens (tertiary/aromatic N) is 3. The smallest absolute Gasteiger partial charge is 0.0722 e. The Morgan fingerprint density at radius 2 is 2.06 bits per heavy atom. The van der Waals surface area contributed by atoms with E-state index >= 15 is 0 Å². The van der Waals surface area contributed by atoms with Crippen LogP contribution in [0.4, 0.5) is 0 Å². The van der Waals surface area contributed by atoms with Crippen LogP contribution in [0.1, 0.15) is 39.0 Å². The number of rotatable bonds is 6. The van der Waals surface area contributed by atoms with Gasteiger partial charge in [0.1, 0.15) is 0 Å². The first-order chi connectivity index (χ1) is 8.34. The minimum Gasteiger partial charge on any atom is -0.311 e. The van der Waals surface area contributed by atoms with Crippen molar-refractivity contribution in [1.82, 2.24) is 20.0 Å². The summed E-state index contributed by atoms with van der Waals surface area (Å²) in [6.07, 6.45) is 2.12. The van der Waals surface area contributed by atoms with E-state index in [9.17, 15) is 0 Å². The molecular formula is C14H28N4. The third-order valence-corrected chi connectivity index (χ3v) is 3.14. The zero-order valence-corrected chi connectivity index (χ0v) is 12.7. The van der Waals surface area contributed by atoms with Crippen molar-refractivity contribution in [2.24, 2.45) is 7.05 Å². The summed E-state index contributed by atoms with van der Waals surface area (Å²) < 4.78 is 1.91. The van der Waals surface area contributed by atoms with Crippen molar-refractivity contribution in [3.63, 3.8) is 0 Å². The Morgan fingerprint density at radius 1 is 1.39 bits per heavy atom. The van der Waals surface area contributed by atoms with Crippen LogP contribution in [-0.2, 0) is 19.0 Å². The molecule has 0 spiro atoms. The maximum atomic E-state index is 4.58. The second kappa shape index (κ2) is 6.34. The van der Waals surface area contributed by atoms with E-state index < -0.39 is 0 Å². The van der Waals surface area contributed by atoms with Crippen molar-refractivity contribution in [2.45, 2.75) is 39.7 Å². The average Bonchev–Trinajstić information content (AvgIpc) is 2.65. The SMILES string of the molecule is CCN(C)CCNCc1cn(C)nc1C(C)(C)C. The topological polar surface area (TPSA) is 33.1 Å². The van der Waals surface area contributed by atoms with Crippen molar-refractivity contribution >= 4 is 0 Å². The van der Waals surface area contributed by atoms with E-state index in [1.54, 1.807) is 0 Å². The molecule has 0 unspecified atom stereocenters. The number of likely N-dealkylation sites (N-methyl/N-ethyl adjacent to an activating group) is 1. The molecule has 0 aliphatic carbocycles. The Kier molecular flexibility index (Phi) is 5.35. The third-order valence-electron chi connectivity index (χ3n) is 3.14. The predicted molar refractivity (Wildman–Crippen MR) is 76.8 cm³/mol. The lowest BCUT2D eigenvalue weighted by Crippen LogP contribution is -2.29. The summed E-state index contributed by atoms with van der Waals surface area (Å²) in [6, 6.07) is 0. The summed E-state index contributed by atoms with van der Waals surface area (Å²) in [6.45, 7) is 12.9.